The highest BCUT2D eigenvalue weighted by molar-refractivity contribution is 6.10. The quantitative estimate of drug-likeness (QED) is 0.218. The van der Waals surface area contributed by atoms with Crippen LogP contribution < -0.4 is 0 Å². The molecule has 0 saturated carbocycles. The predicted octanol–water partition coefficient (Wildman–Crippen LogP) is 9.94. The van der Waals surface area contributed by atoms with Crippen LogP contribution >= 0.6 is 0 Å². The third kappa shape index (κ3) is 3.87. The van der Waals surface area contributed by atoms with Gasteiger partial charge in [0.15, 0.2) is 0 Å². The lowest BCUT2D eigenvalue weighted by atomic mass is 9.67. The van der Waals surface area contributed by atoms with Crippen molar-refractivity contribution < 1.29 is 0 Å². The van der Waals surface area contributed by atoms with Gasteiger partial charge in [0.2, 0.25) is 0 Å². The second-order valence-electron chi connectivity index (χ2n) is 11.6. The van der Waals surface area contributed by atoms with E-state index in [4.69, 9.17) is 0 Å². The fourth-order valence-corrected chi connectivity index (χ4v) is 7.18. The maximum atomic E-state index is 4.60. The molecule has 0 saturated heterocycles. The summed E-state index contributed by atoms with van der Waals surface area (Å²) >= 11 is 0. The average molecular weight is 551 g/mol. The van der Waals surface area contributed by atoms with Crippen LogP contribution in [-0.2, 0) is 5.41 Å². The van der Waals surface area contributed by atoms with E-state index in [-0.39, 0.29) is 0 Å². The largest absolute Gasteiger partial charge is 0.264 e. The smallest absolute Gasteiger partial charge is 0.0714 e. The topological polar surface area (TPSA) is 25.8 Å². The Kier molecular flexibility index (Phi) is 5.84. The van der Waals surface area contributed by atoms with Gasteiger partial charge in [-0.3, -0.25) is 9.97 Å². The van der Waals surface area contributed by atoms with Gasteiger partial charge in [-0.25, -0.2) is 0 Å². The number of fused-ring (bicyclic) bond motifs is 5. The number of hydrogen-bond acceptors (Lipinski definition) is 2. The summed E-state index contributed by atoms with van der Waals surface area (Å²) < 4.78 is 0. The molecule has 0 fully saturated rings. The maximum absolute atomic E-state index is 4.60. The Morgan fingerprint density at radius 3 is 1.67 bits per heavy atom. The van der Waals surface area contributed by atoms with Crippen LogP contribution in [0.15, 0.2) is 146 Å². The normalized spacial score (nSPS) is 13.1. The molecular formula is C41H30N2. The van der Waals surface area contributed by atoms with Crippen LogP contribution in [0.2, 0.25) is 0 Å². The van der Waals surface area contributed by atoms with E-state index in [0.29, 0.717) is 0 Å². The van der Waals surface area contributed by atoms with Crippen LogP contribution in [-0.4, -0.2) is 9.97 Å². The minimum absolute atomic E-state index is 0.517. The van der Waals surface area contributed by atoms with Gasteiger partial charge in [0.25, 0.3) is 0 Å². The molecule has 204 valence electrons. The molecule has 0 N–H and O–H groups in total. The Labute approximate surface area is 252 Å². The van der Waals surface area contributed by atoms with E-state index in [9.17, 15) is 0 Å². The molecule has 7 aromatic rings. The molecule has 0 radical (unpaired) electrons. The second kappa shape index (κ2) is 9.89. The molecule has 0 amide bonds. The van der Waals surface area contributed by atoms with Crippen molar-refractivity contribution >= 4 is 10.8 Å². The molecule has 2 heterocycles. The molecule has 8 rings (SSSR count). The van der Waals surface area contributed by atoms with Gasteiger partial charge in [-0.2, -0.15) is 0 Å². The number of benzene rings is 5. The molecule has 0 spiro atoms. The van der Waals surface area contributed by atoms with Gasteiger partial charge >= 0.3 is 0 Å². The summed E-state index contributed by atoms with van der Waals surface area (Å²) in [6, 6.07) is 44.8. The van der Waals surface area contributed by atoms with Crippen LogP contribution in [0.25, 0.3) is 44.2 Å². The third-order valence-electron chi connectivity index (χ3n) is 8.95. The van der Waals surface area contributed by atoms with Crippen LogP contribution in [0.4, 0.5) is 0 Å². The first-order valence-electron chi connectivity index (χ1n) is 14.8. The summed E-state index contributed by atoms with van der Waals surface area (Å²) in [7, 11) is 0. The molecule has 43 heavy (non-hydrogen) atoms. The minimum atomic E-state index is -0.517. The zero-order valence-electron chi connectivity index (χ0n) is 24.3. The van der Waals surface area contributed by atoms with Crippen LogP contribution in [0.3, 0.4) is 0 Å². The third-order valence-corrected chi connectivity index (χ3v) is 8.95. The molecule has 2 nitrogen and oxygen atoms in total. The average Bonchev–Trinajstić information content (AvgIpc) is 3.35. The van der Waals surface area contributed by atoms with E-state index >= 15 is 0 Å². The minimum Gasteiger partial charge on any atom is -0.264 e. The Morgan fingerprint density at radius 2 is 1.02 bits per heavy atom. The summed E-state index contributed by atoms with van der Waals surface area (Å²) in [6.45, 7) is 4.22. The van der Waals surface area contributed by atoms with Crippen molar-refractivity contribution in [3.05, 3.63) is 179 Å². The predicted molar refractivity (Wildman–Crippen MR) is 177 cm³/mol. The summed E-state index contributed by atoms with van der Waals surface area (Å²) in [5.74, 6) is 0. The van der Waals surface area contributed by atoms with Crippen LogP contribution in [0, 0.1) is 13.8 Å². The van der Waals surface area contributed by atoms with Crippen molar-refractivity contribution in [2.24, 2.45) is 0 Å². The number of hydrogen-bond donors (Lipinski definition) is 0. The fourth-order valence-electron chi connectivity index (χ4n) is 7.18. The molecule has 0 unspecified atom stereocenters. The fraction of sp³-hybridized carbons (Fsp3) is 0.0732. The lowest BCUT2D eigenvalue weighted by molar-refractivity contribution is 0.769. The van der Waals surface area contributed by atoms with E-state index in [1.54, 1.807) is 0 Å². The highest BCUT2D eigenvalue weighted by atomic mass is 14.6. The van der Waals surface area contributed by atoms with Crippen molar-refractivity contribution in [1.29, 1.82) is 0 Å². The summed E-state index contributed by atoms with van der Waals surface area (Å²) in [4.78, 5) is 9.13. The summed E-state index contributed by atoms with van der Waals surface area (Å²) in [5.41, 5.74) is 14.1. The molecule has 1 aliphatic rings. The number of aromatic nitrogens is 2. The molecule has 0 aliphatic heterocycles. The van der Waals surface area contributed by atoms with E-state index in [1.165, 1.54) is 55.3 Å². The Bertz CT molecular complexity index is 2110. The highest BCUT2D eigenvalue weighted by Crippen LogP contribution is 2.59. The van der Waals surface area contributed by atoms with Crippen molar-refractivity contribution in [3.8, 4) is 33.4 Å². The number of aryl methyl sites for hydroxylation is 2. The first-order chi connectivity index (χ1) is 21.1. The van der Waals surface area contributed by atoms with Crippen molar-refractivity contribution in [2.45, 2.75) is 19.3 Å². The molecule has 0 bridgehead atoms. The molecule has 0 atom stereocenters. The van der Waals surface area contributed by atoms with Crippen molar-refractivity contribution in [1.82, 2.24) is 9.97 Å². The lowest BCUT2D eigenvalue weighted by Gasteiger charge is -2.34. The maximum Gasteiger partial charge on any atom is 0.0714 e. The molecule has 2 aromatic heterocycles. The van der Waals surface area contributed by atoms with Gasteiger partial charge in [-0.1, -0.05) is 97.1 Å². The van der Waals surface area contributed by atoms with Crippen LogP contribution in [0.1, 0.15) is 33.4 Å². The molecule has 1 aliphatic carbocycles. The van der Waals surface area contributed by atoms with Crippen molar-refractivity contribution in [3.63, 3.8) is 0 Å². The second-order valence-corrected chi connectivity index (χ2v) is 11.6. The van der Waals surface area contributed by atoms with Crippen LogP contribution in [0.5, 0.6) is 0 Å². The van der Waals surface area contributed by atoms with Gasteiger partial charge in [-0.05, 0) is 105 Å². The molecular weight excluding hydrogens is 520 g/mol. The highest BCUT2D eigenvalue weighted by Gasteiger charge is 2.47. The Hall–Kier alpha value is -5.34. The first-order valence-corrected chi connectivity index (χ1v) is 14.8. The number of rotatable bonds is 4. The summed E-state index contributed by atoms with van der Waals surface area (Å²) in [5, 5.41) is 2.50. The Balaban J connectivity index is 1.56. The zero-order chi connectivity index (χ0) is 29.0. The first kappa shape index (κ1) is 25.4. The van der Waals surface area contributed by atoms with Gasteiger partial charge in [0, 0.05) is 35.9 Å². The molecule has 2 heteroatoms. The summed E-state index contributed by atoms with van der Waals surface area (Å²) in [6.07, 6.45) is 7.81. The zero-order valence-corrected chi connectivity index (χ0v) is 24.3. The number of pyridine rings is 2. The van der Waals surface area contributed by atoms with Gasteiger partial charge in [-0.15, -0.1) is 0 Å². The molecule has 5 aromatic carbocycles. The van der Waals surface area contributed by atoms with E-state index in [1.807, 2.05) is 24.8 Å². The van der Waals surface area contributed by atoms with E-state index in [2.05, 4.69) is 145 Å². The number of nitrogens with zero attached hydrogens (tertiary/aromatic N) is 2. The van der Waals surface area contributed by atoms with Gasteiger partial charge < -0.3 is 0 Å². The standard InChI is InChI=1S/C41H30N2/c1-27-19-30(25-42-23-27)29-17-18-36-38(21-29)41(32-11-5-3-6-12-32,33-13-7-4-8-14-33)39-22-37(31-20-28(2)24-43-26-31)34-15-9-10-16-35(34)40(36)39/h3-26H,1-2H3. The monoisotopic (exact) mass is 550 g/mol. The Morgan fingerprint density at radius 1 is 0.442 bits per heavy atom. The van der Waals surface area contributed by atoms with E-state index < -0.39 is 5.41 Å². The van der Waals surface area contributed by atoms with Crippen molar-refractivity contribution in [2.75, 3.05) is 0 Å². The van der Waals surface area contributed by atoms with Gasteiger partial charge in [0.05, 0.1) is 5.41 Å². The van der Waals surface area contributed by atoms with Gasteiger partial charge in [0.1, 0.15) is 0 Å². The SMILES string of the molecule is Cc1cncc(-c2ccc3c(c2)C(c2ccccc2)(c2ccccc2)c2cc(-c4cncc(C)c4)c4ccccc4c2-3)c1. The van der Waals surface area contributed by atoms with E-state index in [0.717, 1.165) is 22.3 Å². The lowest BCUT2D eigenvalue weighted by Crippen LogP contribution is -2.28.